The summed E-state index contributed by atoms with van der Waals surface area (Å²) in [6.45, 7) is 5.86. The van der Waals surface area contributed by atoms with Crippen LogP contribution in [0.2, 0.25) is 5.02 Å². The first kappa shape index (κ1) is 19.9. The average molecular weight is 417 g/mol. The number of rotatable bonds is 4. The van der Waals surface area contributed by atoms with Crippen LogP contribution >= 0.6 is 11.6 Å². The summed E-state index contributed by atoms with van der Waals surface area (Å²) in [6.07, 6.45) is 0. The molecule has 1 aliphatic rings. The van der Waals surface area contributed by atoms with Crippen LogP contribution in [0.5, 0.6) is 0 Å². The van der Waals surface area contributed by atoms with Crippen molar-refractivity contribution in [1.82, 2.24) is 0 Å². The lowest BCUT2D eigenvalue weighted by atomic mass is 10.0. The van der Waals surface area contributed by atoms with Crippen molar-refractivity contribution in [2.75, 3.05) is 10.2 Å². The summed E-state index contributed by atoms with van der Waals surface area (Å²) in [7, 11) is 0. The first-order chi connectivity index (χ1) is 14.3. The van der Waals surface area contributed by atoms with Gasteiger partial charge in [0.25, 0.3) is 11.8 Å². The summed E-state index contributed by atoms with van der Waals surface area (Å²) >= 11 is 6.26. The molecule has 0 saturated carbocycles. The van der Waals surface area contributed by atoms with Crippen LogP contribution in [0.25, 0.3) is 5.57 Å². The molecule has 0 unspecified atom stereocenters. The highest BCUT2D eigenvalue weighted by Gasteiger charge is 2.40. The summed E-state index contributed by atoms with van der Waals surface area (Å²) in [5.74, 6) is -0.782. The molecule has 3 aromatic rings. The Morgan fingerprint density at radius 3 is 2.10 bits per heavy atom. The lowest BCUT2D eigenvalue weighted by molar-refractivity contribution is -0.120. The van der Waals surface area contributed by atoms with Gasteiger partial charge in [-0.25, -0.2) is 4.90 Å². The van der Waals surface area contributed by atoms with Crippen molar-refractivity contribution < 1.29 is 9.59 Å². The highest BCUT2D eigenvalue weighted by Crippen LogP contribution is 2.35. The minimum Gasteiger partial charge on any atom is -0.350 e. The number of carbonyl (C=O) groups excluding carboxylic acids is 2. The molecule has 0 fully saturated rings. The highest BCUT2D eigenvalue weighted by atomic mass is 35.5. The smallest absolute Gasteiger partial charge is 0.282 e. The van der Waals surface area contributed by atoms with Crippen LogP contribution in [-0.4, -0.2) is 11.8 Å². The van der Waals surface area contributed by atoms with Crippen LogP contribution < -0.4 is 10.2 Å². The Kier molecular flexibility index (Phi) is 5.18. The number of hydrogen-bond donors (Lipinski definition) is 1. The molecule has 4 nitrogen and oxygen atoms in total. The zero-order valence-corrected chi connectivity index (χ0v) is 17.7. The fraction of sp³-hybridized carbons (Fsp3) is 0.120. The lowest BCUT2D eigenvalue weighted by Crippen LogP contribution is -2.32. The van der Waals surface area contributed by atoms with Crippen LogP contribution in [0.3, 0.4) is 0 Å². The summed E-state index contributed by atoms with van der Waals surface area (Å²) in [4.78, 5) is 28.0. The standard InChI is InChI=1S/C25H21ClN2O2/c1-15-11-16(2)13-19(12-15)27-23-22(18-7-5-4-6-8-18)24(29)28(25(23)30)20-10-9-17(3)21(26)14-20/h4-14,27H,1-3H3. The van der Waals surface area contributed by atoms with Crippen molar-refractivity contribution in [3.63, 3.8) is 0 Å². The molecule has 0 radical (unpaired) electrons. The molecule has 30 heavy (non-hydrogen) atoms. The average Bonchev–Trinajstić information content (AvgIpc) is 2.94. The normalized spacial score (nSPS) is 13.9. The Morgan fingerprint density at radius 1 is 0.800 bits per heavy atom. The van der Waals surface area contributed by atoms with E-state index in [1.807, 2.05) is 63.2 Å². The highest BCUT2D eigenvalue weighted by molar-refractivity contribution is 6.46. The van der Waals surface area contributed by atoms with E-state index in [0.29, 0.717) is 21.8 Å². The molecule has 0 aliphatic carbocycles. The summed E-state index contributed by atoms with van der Waals surface area (Å²) < 4.78 is 0. The van der Waals surface area contributed by atoms with E-state index in [2.05, 4.69) is 11.4 Å². The van der Waals surface area contributed by atoms with E-state index in [4.69, 9.17) is 11.6 Å². The Bertz CT molecular complexity index is 1180. The third-order valence-corrected chi connectivity index (χ3v) is 5.46. The minimum atomic E-state index is -0.405. The van der Waals surface area contributed by atoms with Crippen LogP contribution in [0.1, 0.15) is 22.3 Å². The zero-order valence-electron chi connectivity index (χ0n) is 17.0. The fourth-order valence-electron chi connectivity index (χ4n) is 3.66. The molecule has 150 valence electrons. The number of aryl methyl sites for hydroxylation is 3. The van der Waals surface area contributed by atoms with Gasteiger partial charge < -0.3 is 5.32 Å². The van der Waals surface area contributed by atoms with Gasteiger partial charge in [0, 0.05) is 10.7 Å². The van der Waals surface area contributed by atoms with Gasteiger partial charge >= 0.3 is 0 Å². The van der Waals surface area contributed by atoms with Gasteiger partial charge in [0.1, 0.15) is 5.70 Å². The van der Waals surface area contributed by atoms with Crippen molar-refractivity contribution >= 4 is 40.4 Å². The molecule has 0 aromatic heterocycles. The number of amides is 2. The van der Waals surface area contributed by atoms with Gasteiger partial charge in [0.05, 0.1) is 11.3 Å². The number of anilines is 2. The third-order valence-electron chi connectivity index (χ3n) is 5.05. The van der Waals surface area contributed by atoms with Crippen molar-refractivity contribution in [3.05, 3.63) is 99.7 Å². The Hall–Kier alpha value is -3.37. The largest absolute Gasteiger partial charge is 0.350 e. The van der Waals surface area contributed by atoms with Crippen LogP contribution in [0.4, 0.5) is 11.4 Å². The number of nitrogens with one attached hydrogen (secondary N) is 1. The van der Waals surface area contributed by atoms with Gasteiger partial charge in [-0.05, 0) is 67.3 Å². The van der Waals surface area contributed by atoms with E-state index < -0.39 is 5.91 Å². The summed E-state index contributed by atoms with van der Waals surface area (Å²) in [5, 5.41) is 3.72. The molecule has 4 rings (SSSR count). The molecule has 0 atom stereocenters. The van der Waals surface area contributed by atoms with Gasteiger partial charge in [-0.2, -0.15) is 0 Å². The first-order valence-electron chi connectivity index (χ1n) is 9.65. The van der Waals surface area contributed by atoms with Gasteiger partial charge in [0.2, 0.25) is 0 Å². The molecule has 1 N–H and O–H groups in total. The number of nitrogens with zero attached hydrogens (tertiary/aromatic N) is 1. The van der Waals surface area contributed by atoms with Crippen molar-refractivity contribution in [2.24, 2.45) is 0 Å². The topological polar surface area (TPSA) is 49.4 Å². The van der Waals surface area contributed by atoms with E-state index in [9.17, 15) is 9.59 Å². The maximum Gasteiger partial charge on any atom is 0.282 e. The number of imide groups is 1. The quantitative estimate of drug-likeness (QED) is 0.558. The van der Waals surface area contributed by atoms with Crippen LogP contribution in [-0.2, 0) is 9.59 Å². The molecule has 1 aliphatic heterocycles. The summed E-state index contributed by atoms with van der Waals surface area (Å²) in [6, 6.07) is 20.4. The van der Waals surface area contributed by atoms with Crippen molar-refractivity contribution in [1.29, 1.82) is 0 Å². The lowest BCUT2D eigenvalue weighted by Gasteiger charge is -2.16. The van der Waals surface area contributed by atoms with Gasteiger partial charge in [-0.15, -0.1) is 0 Å². The molecular weight excluding hydrogens is 396 g/mol. The molecule has 0 spiro atoms. The molecule has 5 heteroatoms. The fourth-order valence-corrected chi connectivity index (χ4v) is 3.84. The second-order valence-corrected chi connectivity index (χ2v) is 7.90. The second kappa shape index (κ2) is 7.81. The summed E-state index contributed by atoms with van der Waals surface area (Å²) in [5.41, 5.74) is 5.51. The van der Waals surface area contributed by atoms with E-state index in [1.165, 1.54) is 4.90 Å². The number of carbonyl (C=O) groups is 2. The molecular formula is C25H21ClN2O2. The predicted molar refractivity (Wildman–Crippen MR) is 122 cm³/mol. The van der Waals surface area contributed by atoms with Crippen molar-refractivity contribution in [3.8, 4) is 0 Å². The number of halogens is 1. The van der Waals surface area contributed by atoms with Crippen LogP contribution in [0, 0.1) is 20.8 Å². The first-order valence-corrected chi connectivity index (χ1v) is 10.0. The third kappa shape index (κ3) is 3.62. The van der Waals surface area contributed by atoms with Crippen LogP contribution in [0.15, 0.2) is 72.4 Å². The van der Waals surface area contributed by atoms with Gasteiger partial charge in [-0.1, -0.05) is 54.1 Å². The molecule has 1 heterocycles. The Balaban J connectivity index is 1.83. The Morgan fingerprint density at radius 2 is 1.47 bits per heavy atom. The zero-order chi connectivity index (χ0) is 21.4. The minimum absolute atomic E-state index is 0.257. The number of benzene rings is 3. The van der Waals surface area contributed by atoms with E-state index in [-0.39, 0.29) is 11.6 Å². The predicted octanol–water partition coefficient (Wildman–Crippen LogP) is 5.66. The maximum absolute atomic E-state index is 13.4. The molecule has 3 aromatic carbocycles. The Labute approximate surface area is 180 Å². The van der Waals surface area contributed by atoms with E-state index >= 15 is 0 Å². The maximum atomic E-state index is 13.4. The van der Waals surface area contributed by atoms with E-state index in [1.54, 1.807) is 18.2 Å². The number of hydrogen-bond acceptors (Lipinski definition) is 3. The van der Waals surface area contributed by atoms with Gasteiger partial charge in [-0.3, -0.25) is 9.59 Å². The van der Waals surface area contributed by atoms with Crippen molar-refractivity contribution in [2.45, 2.75) is 20.8 Å². The molecule has 0 saturated heterocycles. The monoisotopic (exact) mass is 416 g/mol. The SMILES string of the molecule is Cc1cc(C)cc(NC2=C(c3ccccc3)C(=O)N(c3ccc(C)c(Cl)c3)C2=O)c1. The molecule has 2 amide bonds. The van der Waals surface area contributed by atoms with E-state index in [0.717, 1.165) is 22.4 Å². The van der Waals surface area contributed by atoms with Gasteiger partial charge in [0.15, 0.2) is 0 Å². The second-order valence-electron chi connectivity index (χ2n) is 7.50. The molecule has 0 bridgehead atoms.